The maximum Gasteiger partial charge on any atom is 0.338 e. The number of nitrogens with zero attached hydrogens (tertiary/aromatic N) is 2. The van der Waals surface area contributed by atoms with Crippen LogP contribution in [-0.4, -0.2) is 42.3 Å². The Morgan fingerprint density at radius 3 is 2.58 bits per heavy atom. The number of fused-ring (bicyclic) bond motifs is 1. The lowest BCUT2D eigenvalue weighted by Crippen LogP contribution is -2.56. The van der Waals surface area contributed by atoms with E-state index in [1.165, 1.54) is 12.0 Å². The fourth-order valence-corrected chi connectivity index (χ4v) is 3.82. The zero-order valence-corrected chi connectivity index (χ0v) is 15.4. The van der Waals surface area contributed by atoms with Crippen LogP contribution in [0, 0.1) is 16.7 Å². The molecule has 1 fully saturated rings. The van der Waals surface area contributed by atoms with Crippen molar-refractivity contribution < 1.29 is 19.1 Å². The maximum atomic E-state index is 13.4. The number of hydrogen-bond donors (Lipinski definition) is 0. The van der Waals surface area contributed by atoms with Crippen LogP contribution >= 0.6 is 0 Å². The van der Waals surface area contributed by atoms with Gasteiger partial charge in [0.15, 0.2) is 5.54 Å². The van der Waals surface area contributed by atoms with Crippen LogP contribution in [0.3, 0.4) is 0 Å². The van der Waals surface area contributed by atoms with Crippen LogP contribution in [0.4, 0.5) is 0 Å². The standard InChI is InChI=1S/C20H22N2O4/c1-19(2,3)17-22-16(23)15(13-8-6-5-7-9-13)14(10-11-21)20(22,12-26-17)18(24)25-4/h5-9,17H,10,12H2,1-4H3/t17-,20-/m1/s1. The van der Waals surface area contributed by atoms with Crippen molar-refractivity contribution in [1.29, 1.82) is 5.26 Å². The molecule has 2 heterocycles. The number of carbonyl (C=O) groups is 2. The Balaban J connectivity index is 2.27. The van der Waals surface area contributed by atoms with Gasteiger partial charge in [0.05, 0.1) is 31.8 Å². The normalized spacial score (nSPS) is 25.3. The molecule has 0 saturated carbocycles. The van der Waals surface area contributed by atoms with Crippen molar-refractivity contribution in [3.8, 4) is 6.07 Å². The quantitative estimate of drug-likeness (QED) is 0.779. The van der Waals surface area contributed by atoms with Gasteiger partial charge in [-0.3, -0.25) is 9.69 Å². The number of ether oxygens (including phenoxy) is 2. The van der Waals surface area contributed by atoms with E-state index < -0.39 is 23.2 Å². The molecule has 1 aromatic rings. The van der Waals surface area contributed by atoms with Gasteiger partial charge in [-0.25, -0.2) is 4.79 Å². The lowest BCUT2D eigenvalue weighted by atomic mass is 9.85. The summed E-state index contributed by atoms with van der Waals surface area (Å²) in [5.41, 5.74) is -0.252. The Bertz CT molecular complexity index is 816. The van der Waals surface area contributed by atoms with Crippen molar-refractivity contribution in [2.75, 3.05) is 13.7 Å². The first-order valence-electron chi connectivity index (χ1n) is 8.48. The van der Waals surface area contributed by atoms with Gasteiger partial charge in [-0.15, -0.1) is 0 Å². The van der Waals surface area contributed by atoms with E-state index in [2.05, 4.69) is 6.07 Å². The Hall–Kier alpha value is -2.65. The van der Waals surface area contributed by atoms with Crippen molar-refractivity contribution in [3.05, 3.63) is 41.5 Å². The second kappa shape index (κ2) is 6.26. The number of esters is 1. The molecule has 6 heteroatoms. The largest absolute Gasteiger partial charge is 0.467 e. The minimum Gasteiger partial charge on any atom is -0.467 e. The van der Waals surface area contributed by atoms with Gasteiger partial charge < -0.3 is 9.47 Å². The SMILES string of the molecule is COC(=O)[C@]12CO[C@H](C(C)(C)C)N1C(=O)C(c1ccccc1)=C2CC#N. The average Bonchev–Trinajstić information content (AvgIpc) is 3.12. The first kappa shape index (κ1) is 18.2. The van der Waals surface area contributed by atoms with E-state index in [0.29, 0.717) is 16.7 Å². The highest BCUT2D eigenvalue weighted by Gasteiger charge is 2.65. The second-order valence-electron chi connectivity index (χ2n) is 7.61. The molecule has 2 aliphatic rings. The fourth-order valence-electron chi connectivity index (χ4n) is 3.82. The zero-order chi connectivity index (χ0) is 19.1. The molecule has 0 N–H and O–H groups in total. The summed E-state index contributed by atoms with van der Waals surface area (Å²) < 4.78 is 11.0. The third-order valence-corrected chi connectivity index (χ3v) is 4.91. The summed E-state index contributed by atoms with van der Waals surface area (Å²) in [6.07, 6.45) is -0.647. The highest BCUT2D eigenvalue weighted by Crippen LogP contribution is 2.50. The van der Waals surface area contributed by atoms with E-state index in [4.69, 9.17) is 9.47 Å². The molecule has 2 atom stereocenters. The molecule has 136 valence electrons. The van der Waals surface area contributed by atoms with Crippen LogP contribution in [0.5, 0.6) is 0 Å². The van der Waals surface area contributed by atoms with Crippen LogP contribution in [-0.2, 0) is 19.1 Å². The molecule has 1 aromatic carbocycles. The van der Waals surface area contributed by atoms with E-state index >= 15 is 0 Å². The monoisotopic (exact) mass is 354 g/mol. The summed E-state index contributed by atoms with van der Waals surface area (Å²) in [4.78, 5) is 27.8. The minimum atomic E-state index is -1.38. The topological polar surface area (TPSA) is 79.6 Å². The first-order chi connectivity index (χ1) is 12.3. The van der Waals surface area contributed by atoms with E-state index in [-0.39, 0.29) is 18.9 Å². The Morgan fingerprint density at radius 1 is 1.38 bits per heavy atom. The molecular weight excluding hydrogens is 332 g/mol. The zero-order valence-electron chi connectivity index (χ0n) is 15.4. The van der Waals surface area contributed by atoms with Crippen LogP contribution in [0.1, 0.15) is 32.8 Å². The molecule has 26 heavy (non-hydrogen) atoms. The Morgan fingerprint density at radius 2 is 2.04 bits per heavy atom. The van der Waals surface area contributed by atoms with Crippen molar-refractivity contribution in [2.45, 2.75) is 39.0 Å². The molecule has 0 spiro atoms. The minimum absolute atomic E-state index is 0.0132. The van der Waals surface area contributed by atoms with Crippen LogP contribution in [0.2, 0.25) is 0 Å². The molecular formula is C20H22N2O4. The fraction of sp³-hybridized carbons (Fsp3) is 0.450. The molecule has 6 nitrogen and oxygen atoms in total. The summed E-state index contributed by atoms with van der Waals surface area (Å²) in [7, 11) is 1.29. The summed E-state index contributed by atoms with van der Waals surface area (Å²) >= 11 is 0. The highest BCUT2D eigenvalue weighted by atomic mass is 16.6. The summed E-state index contributed by atoms with van der Waals surface area (Å²) in [6.45, 7) is 5.83. The highest BCUT2D eigenvalue weighted by molar-refractivity contribution is 6.26. The summed E-state index contributed by atoms with van der Waals surface area (Å²) in [5, 5.41) is 9.39. The molecule has 0 radical (unpaired) electrons. The van der Waals surface area contributed by atoms with Crippen molar-refractivity contribution in [2.24, 2.45) is 5.41 Å². The predicted molar refractivity (Wildman–Crippen MR) is 94.4 cm³/mol. The average molecular weight is 354 g/mol. The van der Waals surface area contributed by atoms with Crippen molar-refractivity contribution in [3.63, 3.8) is 0 Å². The Kier molecular flexibility index (Phi) is 4.37. The van der Waals surface area contributed by atoms with Gasteiger partial charge >= 0.3 is 5.97 Å². The van der Waals surface area contributed by atoms with Gasteiger partial charge in [0.2, 0.25) is 0 Å². The predicted octanol–water partition coefficient (Wildman–Crippen LogP) is 2.51. The third kappa shape index (κ3) is 2.43. The number of nitriles is 1. The maximum absolute atomic E-state index is 13.4. The third-order valence-electron chi connectivity index (χ3n) is 4.91. The molecule has 0 aromatic heterocycles. The van der Waals surface area contributed by atoms with Gasteiger partial charge in [-0.1, -0.05) is 51.1 Å². The number of hydrogen-bond acceptors (Lipinski definition) is 5. The molecule has 0 unspecified atom stereocenters. The Labute approximate surface area is 153 Å². The molecule has 3 rings (SSSR count). The van der Waals surface area contributed by atoms with Crippen LogP contribution < -0.4 is 0 Å². The first-order valence-corrected chi connectivity index (χ1v) is 8.48. The van der Waals surface area contributed by atoms with E-state index in [0.717, 1.165) is 0 Å². The summed E-state index contributed by atoms with van der Waals surface area (Å²) in [6, 6.07) is 11.2. The van der Waals surface area contributed by atoms with E-state index in [1.807, 2.05) is 51.1 Å². The van der Waals surface area contributed by atoms with Gasteiger partial charge in [0, 0.05) is 5.41 Å². The molecule has 2 aliphatic heterocycles. The summed E-state index contributed by atoms with van der Waals surface area (Å²) in [5.74, 6) is -0.877. The lowest BCUT2D eigenvalue weighted by Gasteiger charge is -2.37. The lowest BCUT2D eigenvalue weighted by molar-refractivity contribution is -0.156. The molecule has 0 bridgehead atoms. The number of carbonyl (C=O) groups excluding carboxylic acids is 2. The van der Waals surface area contributed by atoms with Crippen LogP contribution in [0.25, 0.3) is 5.57 Å². The second-order valence-corrected chi connectivity index (χ2v) is 7.61. The van der Waals surface area contributed by atoms with Gasteiger partial charge in [-0.05, 0) is 11.1 Å². The van der Waals surface area contributed by atoms with Gasteiger partial charge in [0.1, 0.15) is 6.23 Å². The van der Waals surface area contributed by atoms with Crippen molar-refractivity contribution in [1.82, 2.24) is 4.90 Å². The van der Waals surface area contributed by atoms with E-state index in [9.17, 15) is 14.9 Å². The molecule has 0 aliphatic carbocycles. The van der Waals surface area contributed by atoms with Gasteiger partial charge in [-0.2, -0.15) is 5.26 Å². The number of benzene rings is 1. The number of amides is 1. The molecule has 1 amide bonds. The molecule has 1 saturated heterocycles. The smallest absolute Gasteiger partial charge is 0.338 e. The number of rotatable bonds is 3. The van der Waals surface area contributed by atoms with Crippen LogP contribution in [0.15, 0.2) is 35.9 Å². The number of methoxy groups -OCH3 is 1. The van der Waals surface area contributed by atoms with Crippen molar-refractivity contribution >= 4 is 17.4 Å². The van der Waals surface area contributed by atoms with E-state index in [1.54, 1.807) is 0 Å². The van der Waals surface area contributed by atoms with Gasteiger partial charge in [0.25, 0.3) is 5.91 Å².